The minimum absolute atomic E-state index is 0.225. The molecule has 7 nitrogen and oxygen atoms in total. The van der Waals surface area contributed by atoms with Gasteiger partial charge in [0.15, 0.2) is 0 Å². The van der Waals surface area contributed by atoms with E-state index in [1.54, 1.807) is 18.3 Å². The number of nitrogens with one attached hydrogen (secondary N) is 2. The number of benzene rings is 1. The van der Waals surface area contributed by atoms with Crippen LogP contribution < -0.4 is 15.5 Å². The highest BCUT2D eigenvalue weighted by atomic mass is 16.4. The second-order valence-corrected chi connectivity index (χ2v) is 6.26. The molecule has 1 aliphatic heterocycles. The number of anilines is 1. The smallest absolute Gasteiger partial charge is 0.335 e. The number of carbonyl (C=O) groups is 2. The Bertz CT molecular complexity index is 753. The number of aromatic carboxylic acids is 1. The Balaban J connectivity index is 1.42. The zero-order valence-corrected chi connectivity index (χ0v) is 14.4. The first kappa shape index (κ1) is 17.7. The van der Waals surface area contributed by atoms with Gasteiger partial charge in [0, 0.05) is 32.4 Å². The van der Waals surface area contributed by atoms with Crippen LogP contribution in [0.25, 0.3) is 0 Å². The van der Waals surface area contributed by atoms with Crippen LogP contribution in [0, 0.1) is 0 Å². The van der Waals surface area contributed by atoms with Crippen LogP contribution in [0.1, 0.15) is 34.3 Å². The Hall–Kier alpha value is -3.09. The summed E-state index contributed by atoms with van der Waals surface area (Å²) >= 11 is 0. The largest absolute Gasteiger partial charge is 0.478 e. The summed E-state index contributed by atoms with van der Waals surface area (Å²) in [6.45, 7) is 2.84. The zero-order chi connectivity index (χ0) is 18.4. The molecular formula is C19H22N4O3. The third-order valence-corrected chi connectivity index (χ3v) is 4.35. The number of aromatic nitrogens is 1. The van der Waals surface area contributed by atoms with Crippen molar-refractivity contribution < 1.29 is 14.7 Å². The Kier molecular flexibility index (Phi) is 5.68. The lowest BCUT2D eigenvalue weighted by atomic mass is 10.1. The van der Waals surface area contributed by atoms with E-state index >= 15 is 0 Å². The van der Waals surface area contributed by atoms with Gasteiger partial charge >= 0.3 is 12.0 Å². The summed E-state index contributed by atoms with van der Waals surface area (Å²) in [6.07, 6.45) is 4.22. The molecule has 2 amide bonds. The molecule has 0 spiro atoms. The summed E-state index contributed by atoms with van der Waals surface area (Å²) in [4.78, 5) is 29.4. The van der Waals surface area contributed by atoms with Gasteiger partial charge in [0.05, 0.1) is 5.56 Å². The Labute approximate surface area is 152 Å². The van der Waals surface area contributed by atoms with Gasteiger partial charge in [0.25, 0.3) is 0 Å². The van der Waals surface area contributed by atoms with E-state index in [0.717, 1.165) is 30.0 Å². The van der Waals surface area contributed by atoms with Crippen LogP contribution in [0.3, 0.4) is 0 Å². The summed E-state index contributed by atoms with van der Waals surface area (Å²) in [6, 6.07) is 10.1. The second kappa shape index (κ2) is 8.33. The maximum atomic E-state index is 11.9. The number of nitrogens with zero attached hydrogens (tertiary/aromatic N) is 2. The molecule has 1 aromatic heterocycles. The van der Waals surface area contributed by atoms with E-state index in [9.17, 15) is 9.59 Å². The van der Waals surface area contributed by atoms with E-state index in [2.05, 4.69) is 20.5 Å². The van der Waals surface area contributed by atoms with Gasteiger partial charge in [-0.15, -0.1) is 0 Å². The Morgan fingerprint density at radius 2 is 1.58 bits per heavy atom. The van der Waals surface area contributed by atoms with Gasteiger partial charge in [-0.2, -0.15) is 0 Å². The molecule has 0 aliphatic carbocycles. The number of pyridine rings is 1. The monoisotopic (exact) mass is 354 g/mol. The third-order valence-electron chi connectivity index (χ3n) is 4.35. The molecule has 0 saturated carbocycles. The number of carbonyl (C=O) groups excluding carboxylic acids is 1. The number of amides is 2. The highest BCUT2D eigenvalue weighted by Crippen LogP contribution is 2.17. The van der Waals surface area contributed by atoms with Crippen LogP contribution in [0.2, 0.25) is 0 Å². The molecule has 7 heteroatoms. The quantitative estimate of drug-likeness (QED) is 0.740. The Morgan fingerprint density at radius 3 is 2.15 bits per heavy atom. The van der Waals surface area contributed by atoms with Gasteiger partial charge in [-0.3, -0.25) is 0 Å². The fraction of sp³-hybridized carbons (Fsp3) is 0.316. The highest BCUT2D eigenvalue weighted by molar-refractivity contribution is 5.87. The standard InChI is InChI=1S/C19H22N4O3/c24-18(25)16-6-3-14(4-7-16)11-21-19(26)22-13-15-5-8-17(20-12-15)23-9-1-2-10-23/h3-8,12H,1-2,9-11,13H2,(H,24,25)(H2,21,22,26). The van der Waals surface area contributed by atoms with E-state index in [1.165, 1.54) is 25.0 Å². The maximum Gasteiger partial charge on any atom is 0.335 e. The van der Waals surface area contributed by atoms with Crippen molar-refractivity contribution >= 4 is 17.8 Å². The van der Waals surface area contributed by atoms with Gasteiger partial charge < -0.3 is 20.6 Å². The molecule has 3 rings (SSSR count). The van der Waals surface area contributed by atoms with Gasteiger partial charge in [-0.25, -0.2) is 14.6 Å². The number of rotatable bonds is 6. The topological polar surface area (TPSA) is 94.6 Å². The predicted molar refractivity (Wildman–Crippen MR) is 98.2 cm³/mol. The van der Waals surface area contributed by atoms with E-state index in [1.807, 2.05) is 12.1 Å². The van der Waals surface area contributed by atoms with Gasteiger partial charge in [-0.1, -0.05) is 18.2 Å². The number of carboxylic acids is 1. The van der Waals surface area contributed by atoms with Crippen molar-refractivity contribution in [1.29, 1.82) is 0 Å². The van der Waals surface area contributed by atoms with Crippen LogP contribution in [0.4, 0.5) is 10.6 Å². The molecule has 136 valence electrons. The molecule has 0 bridgehead atoms. The molecule has 0 radical (unpaired) electrons. The fourth-order valence-corrected chi connectivity index (χ4v) is 2.85. The molecule has 1 aromatic carbocycles. The summed E-state index contributed by atoms with van der Waals surface area (Å²) in [7, 11) is 0. The lowest BCUT2D eigenvalue weighted by Crippen LogP contribution is -2.34. The minimum atomic E-state index is -0.966. The molecule has 1 fully saturated rings. The van der Waals surface area contributed by atoms with Crippen LogP contribution >= 0.6 is 0 Å². The SMILES string of the molecule is O=C(NCc1ccc(C(=O)O)cc1)NCc1ccc(N2CCCC2)nc1. The van der Waals surface area contributed by atoms with Crippen molar-refractivity contribution in [2.75, 3.05) is 18.0 Å². The van der Waals surface area contributed by atoms with Gasteiger partial charge in [0.2, 0.25) is 0 Å². The van der Waals surface area contributed by atoms with Gasteiger partial charge in [-0.05, 0) is 42.2 Å². The lowest BCUT2D eigenvalue weighted by molar-refractivity contribution is 0.0697. The van der Waals surface area contributed by atoms with Crippen LogP contribution in [-0.4, -0.2) is 35.2 Å². The van der Waals surface area contributed by atoms with Crippen LogP contribution in [0.5, 0.6) is 0 Å². The zero-order valence-electron chi connectivity index (χ0n) is 14.4. The highest BCUT2D eigenvalue weighted by Gasteiger charge is 2.13. The van der Waals surface area contributed by atoms with Crippen LogP contribution in [-0.2, 0) is 13.1 Å². The molecule has 0 unspecified atom stereocenters. The molecule has 2 heterocycles. The number of urea groups is 1. The summed E-state index contributed by atoms with van der Waals surface area (Å²) in [5, 5.41) is 14.4. The van der Waals surface area contributed by atoms with Crippen molar-refractivity contribution in [3.8, 4) is 0 Å². The molecular weight excluding hydrogens is 332 g/mol. The first-order valence-electron chi connectivity index (χ1n) is 8.65. The van der Waals surface area contributed by atoms with Crippen molar-refractivity contribution in [3.05, 3.63) is 59.3 Å². The van der Waals surface area contributed by atoms with E-state index in [0.29, 0.717) is 13.1 Å². The van der Waals surface area contributed by atoms with E-state index in [4.69, 9.17) is 5.11 Å². The first-order chi connectivity index (χ1) is 12.6. The van der Waals surface area contributed by atoms with Gasteiger partial charge in [0.1, 0.15) is 5.82 Å². The first-order valence-corrected chi connectivity index (χ1v) is 8.65. The molecule has 2 aromatic rings. The summed E-state index contributed by atoms with van der Waals surface area (Å²) in [5.41, 5.74) is 2.00. The number of carboxylic acid groups (broad SMARTS) is 1. The maximum absolute atomic E-state index is 11.9. The van der Waals surface area contributed by atoms with Crippen molar-refractivity contribution in [2.24, 2.45) is 0 Å². The predicted octanol–water partition coefficient (Wildman–Crippen LogP) is 2.38. The molecule has 1 aliphatic rings. The van der Waals surface area contributed by atoms with Crippen molar-refractivity contribution in [2.45, 2.75) is 25.9 Å². The summed E-state index contributed by atoms with van der Waals surface area (Å²) < 4.78 is 0. The normalized spacial score (nSPS) is 13.5. The Morgan fingerprint density at radius 1 is 0.962 bits per heavy atom. The average molecular weight is 354 g/mol. The van der Waals surface area contributed by atoms with Crippen molar-refractivity contribution in [3.63, 3.8) is 0 Å². The minimum Gasteiger partial charge on any atom is -0.478 e. The second-order valence-electron chi connectivity index (χ2n) is 6.26. The molecule has 26 heavy (non-hydrogen) atoms. The summed E-state index contributed by atoms with van der Waals surface area (Å²) in [5.74, 6) is 0.0205. The molecule has 3 N–H and O–H groups in total. The average Bonchev–Trinajstić information content (AvgIpc) is 3.20. The van der Waals surface area contributed by atoms with E-state index < -0.39 is 5.97 Å². The lowest BCUT2D eigenvalue weighted by Gasteiger charge is -2.16. The molecule has 0 atom stereocenters. The number of hydrogen-bond acceptors (Lipinski definition) is 4. The van der Waals surface area contributed by atoms with Crippen molar-refractivity contribution in [1.82, 2.24) is 15.6 Å². The van der Waals surface area contributed by atoms with E-state index in [-0.39, 0.29) is 11.6 Å². The fourth-order valence-electron chi connectivity index (χ4n) is 2.85. The number of hydrogen-bond donors (Lipinski definition) is 3. The third kappa shape index (κ3) is 4.72. The molecule has 1 saturated heterocycles. The van der Waals surface area contributed by atoms with Crippen LogP contribution in [0.15, 0.2) is 42.6 Å².